The van der Waals surface area contributed by atoms with Crippen LogP contribution in [0.3, 0.4) is 0 Å². The van der Waals surface area contributed by atoms with Crippen molar-refractivity contribution in [1.82, 2.24) is 0 Å². The molecule has 0 aliphatic carbocycles. The molecule has 15 heavy (non-hydrogen) atoms. The predicted octanol–water partition coefficient (Wildman–Crippen LogP) is 2.29. The summed E-state index contributed by atoms with van der Waals surface area (Å²) >= 11 is 0. The van der Waals surface area contributed by atoms with Crippen LogP contribution in [0.5, 0.6) is 0 Å². The molecular formula is C10H9F3O2. The van der Waals surface area contributed by atoms with E-state index in [1.54, 1.807) is 0 Å². The van der Waals surface area contributed by atoms with Gasteiger partial charge in [0.25, 0.3) is 6.43 Å². The summed E-state index contributed by atoms with van der Waals surface area (Å²) in [5, 5.41) is 0. The summed E-state index contributed by atoms with van der Waals surface area (Å²) in [4.78, 5) is 11.2. The fraction of sp³-hybridized carbons (Fsp3) is 0.300. The number of carbonyl (C=O) groups is 1. The molecule has 1 aromatic rings. The first-order valence-electron chi connectivity index (χ1n) is 4.25. The fourth-order valence-corrected chi connectivity index (χ4v) is 1.01. The van der Waals surface area contributed by atoms with Crippen molar-refractivity contribution < 1.29 is 22.7 Å². The van der Waals surface area contributed by atoms with E-state index in [1.165, 1.54) is 18.2 Å². The molecule has 82 valence electrons. The van der Waals surface area contributed by atoms with Gasteiger partial charge in [-0.05, 0) is 12.1 Å². The number of halogens is 3. The van der Waals surface area contributed by atoms with Gasteiger partial charge in [-0.3, -0.25) is 4.79 Å². The molecule has 0 saturated carbocycles. The predicted molar refractivity (Wildman–Crippen MR) is 47.6 cm³/mol. The highest BCUT2D eigenvalue weighted by molar-refractivity contribution is 5.97. The van der Waals surface area contributed by atoms with Crippen LogP contribution < -0.4 is 0 Å². The van der Waals surface area contributed by atoms with Crippen molar-refractivity contribution in [2.24, 2.45) is 0 Å². The summed E-state index contributed by atoms with van der Waals surface area (Å²) in [7, 11) is 0. The lowest BCUT2D eigenvalue weighted by Gasteiger charge is -2.03. The summed E-state index contributed by atoms with van der Waals surface area (Å²) in [6.07, 6.45) is -2.63. The Balaban J connectivity index is 2.51. The monoisotopic (exact) mass is 218 g/mol. The zero-order valence-corrected chi connectivity index (χ0v) is 7.75. The van der Waals surface area contributed by atoms with Crippen LogP contribution in [-0.4, -0.2) is 25.4 Å². The number of rotatable bonds is 5. The van der Waals surface area contributed by atoms with Crippen molar-refractivity contribution in [2.45, 2.75) is 6.43 Å². The zero-order chi connectivity index (χ0) is 11.3. The molecular weight excluding hydrogens is 209 g/mol. The van der Waals surface area contributed by atoms with Crippen molar-refractivity contribution in [3.05, 3.63) is 35.6 Å². The molecule has 0 radical (unpaired) electrons. The van der Waals surface area contributed by atoms with Crippen LogP contribution >= 0.6 is 0 Å². The molecule has 0 bridgehead atoms. The Hall–Kier alpha value is -1.36. The molecule has 2 nitrogen and oxygen atoms in total. The molecule has 0 spiro atoms. The van der Waals surface area contributed by atoms with E-state index >= 15 is 0 Å². The van der Waals surface area contributed by atoms with Crippen LogP contribution in [0.4, 0.5) is 13.2 Å². The van der Waals surface area contributed by atoms with E-state index in [0.29, 0.717) is 0 Å². The maximum Gasteiger partial charge on any atom is 0.261 e. The normalized spacial score (nSPS) is 10.7. The van der Waals surface area contributed by atoms with Crippen LogP contribution in [0.1, 0.15) is 10.4 Å². The van der Waals surface area contributed by atoms with Gasteiger partial charge in [-0.15, -0.1) is 0 Å². The van der Waals surface area contributed by atoms with E-state index in [0.717, 1.165) is 6.07 Å². The molecule has 1 aromatic carbocycles. The van der Waals surface area contributed by atoms with Gasteiger partial charge in [0.15, 0.2) is 5.78 Å². The van der Waals surface area contributed by atoms with Crippen LogP contribution in [0.2, 0.25) is 0 Å². The maximum atomic E-state index is 13.0. The highest BCUT2D eigenvalue weighted by atomic mass is 19.3. The average Bonchev–Trinajstić information content (AvgIpc) is 2.17. The number of alkyl halides is 2. The van der Waals surface area contributed by atoms with Gasteiger partial charge in [0.05, 0.1) is 5.56 Å². The van der Waals surface area contributed by atoms with E-state index in [2.05, 4.69) is 4.74 Å². The second-order valence-electron chi connectivity index (χ2n) is 2.81. The summed E-state index contributed by atoms with van der Waals surface area (Å²) in [5.74, 6) is -1.32. The van der Waals surface area contributed by atoms with E-state index in [-0.39, 0.29) is 5.56 Å². The van der Waals surface area contributed by atoms with Gasteiger partial charge in [-0.25, -0.2) is 13.2 Å². The number of hydrogen-bond acceptors (Lipinski definition) is 2. The summed E-state index contributed by atoms with van der Waals surface area (Å²) < 4.78 is 40.7. The number of benzene rings is 1. The van der Waals surface area contributed by atoms with Gasteiger partial charge in [0.1, 0.15) is 19.0 Å². The summed E-state index contributed by atoms with van der Waals surface area (Å²) in [6, 6.07) is 5.33. The zero-order valence-electron chi connectivity index (χ0n) is 7.75. The third kappa shape index (κ3) is 3.71. The maximum absolute atomic E-state index is 13.0. The molecule has 0 atom stereocenters. The van der Waals surface area contributed by atoms with Gasteiger partial charge < -0.3 is 4.74 Å². The smallest absolute Gasteiger partial charge is 0.261 e. The minimum Gasteiger partial charge on any atom is -0.367 e. The van der Waals surface area contributed by atoms with Crippen molar-refractivity contribution in [1.29, 1.82) is 0 Å². The SMILES string of the molecule is O=C(COCC(F)F)c1ccccc1F. The molecule has 0 aliphatic rings. The van der Waals surface area contributed by atoms with Gasteiger partial charge in [-0.2, -0.15) is 0 Å². The van der Waals surface area contributed by atoms with Crippen molar-refractivity contribution in [3.63, 3.8) is 0 Å². The highest BCUT2D eigenvalue weighted by Gasteiger charge is 2.11. The van der Waals surface area contributed by atoms with Crippen LogP contribution in [-0.2, 0) is 4.74 Å². The van der Waals surface area contributed by atoms with Gasteiger partial charge in [0.2, 0.25) is 0 Å². The van der Waals surface area contributed by atoms with Gasteiger partial charge >= 0.3 is 0 Å². The molecule has 5 heteroatoms. The topological polar surface area (TPSA) is 26.3 Å². The Kier molecular flexibility index (Phi) is 4.30. The van der Waals surface area contributed by atoms with Crippen molar-refractivity contribution >= 4 is 5.78 Å². The standard InChI is InChI=1S/C10H9F3O2/c11-8-4-2-1-3-7(8)9(14)5-15-6-10(12)13/h1-4,10H,5-6H2. The lowest BCUT2D eigenvalue weighted by Crippen LogP contribution is -2.14. The first-order chi connectivity index (χ1) is 7.11. The molecule has 0 aromatic heterocycles. The largest absolute Gasteiger partial charge is 0.367 e. The Morgan fingerprint density at radius 1 is 1.33 bits per heavy atom. The fourth-order valence-electron chi connectivity index (χ4n) is 1.01. The third-order valence-corrected chi connectivity index (χ3v) is 1.65. The quantitative estimate of drug-likeness (QED) is 0.709. The van der Waals surface area contributed by atoms with Crippen LogP contribution in [0, 0.1) is 5.82 Å². The van der Waals surface area contributed by atoms with E-state index in [4.69, 9.17) is 0 Å². The molecule has 0 aliphatic heterocycles. The molecule has 0 fully saturated rings. The number of ether oxygens (including phenoxy) is 1. The van der Waals surface area contributed by atoms with E-state index in [9.17, 15) is 18.0 Å². The first-order valence-corrected chi connectivity index (χ1v) is 4.25. The molecule has 0 heterocycles. The summed E-state index contributed by atoms with van der Waals surface area (Å²) in [6.45, 7) is -1.36. The average molecular weight is 218 g/mol. The first kappa shape index (κ1) is 11.7. The summed E-state index contributed by atoms with van der Waals surface area (Å²) in [5.41, 5.74) is -0.147. The Morgan fingerprint density at radius 3 is 2.60 bits per heavy atom. The lowest BCUT2D eigenvalue weighted by molar-refractivity contribution is 0.0195. The van der Waals surface area contributed by atoms with Crippen molar-refractivity contribution in [3.8, 4) is 0 Å². The van der Waals surface area contributed by atoms with E-state index < -0.39 is 31.2 Å². The van der Waals surface area contributed by atoms with Crippen molar-refractivity contribution in [2.75, 3.05) is 13.2 Å². The minimum absolute atomic E-state index is 0.147. The van der Waals surface area contributed by atoms with Crippen LogP contribution in [0.25, 0.3) is 0 Å². The number of ketones is 1. The Labute approximate surface area is 84.7 Å². The third-order valence-electron chi connectivity index (χ3n) is 1.65. The van der Waals surface area contributed by atoms with E-state index in [1.807, 2.05) is 0 Å². The molecule has 0 amide bonds. The second kappa shape index (κ2) is 5.50. The van der Waals surface area contributed by atoms with Crippen LogP contribution in [0.15, 0.2) is 24.3 Å². The molecule has 0 N–H and O–H groups in total. The molecule has 0 saturated heterocycles. The lowest BCUT2D eigenvalue weighted by atomic mass is 10.1. The Bertz CT molecular complexity index is 339. The second-order valence-corrected chi connectivity index (χ2v) is 2.81. The number of hydrogen-bond donors (Lipinski definition) is 0. The minimum atomic E-state index is -2.63. The van der Waals surface area contributed by atoms with Gasteiger partial charge in [0, 0.05) is 0 Å². The molecule has 0 unspecified atom stereocenters. The molecule has 1 rings (SSSR count). The highest BCUT2D eigenvalue weighted by Crippen LogP contribution is 2.07. The van der Waals surface area contributed by atoms with Gasteiger partial charge in [-0.1, -0.05) is 12.1 Å². The number of Topliss-reactive ketones (excluding diaryl/α,β-unsaturated/α-hetero) is 1. The Morgan fingerprint density at radius 2 is 2.00 bits per heavy atom. The number of carbonyl (C=O) groups excluding carboxylic acids is 1.